The molecule has 2 saturated heterocycles. The molecule has 2 aromatic heterocycles. The fraction of sp³-hybridized carbons (Fsp3) is 0.481. The zero-order valence-electron chi connectivity index (χ0n) is 22.3. The maximum absolute atomic E-state index is 13.3. The highest BCUT2D eigenvalue weighted by Crippen LogP contribution is 2.30. The number of aromatic nitrogens is 2. The summed E-state index contributed by atoms with van der Waals surface area (Å²) in [4.78, 5) is 49.7. The van der Waals surface area contributed by atoms with Gasteiger partial charge in [0.2, 0.25) is 0 Å². The van der Waals surface area contributed by atoms with Crippen LogP contribution in [0.4, 0.5) is 16.4 Å². The van der Waals surface area contributed by atoms with Crippen molar-refractivity contribution in [2.24, 2.45) is 0 Å². The number of likely N-dealkylation sites (tertiary alicyclic amines) is 1. The number of carbonyl (C=O) groups excluding carboxylic acids is 3. The Hall–Kier alpha value is -4.12. The van der Waals surface area contributed by atoms with Gasteiger partial charge in [0, 0.05) is 51.9 Å². The van der Waals surface area contributed by atoms with Crippen LogP contribution in [0.5, 0.6) is 5.75 Å². The van der Waals surface area contributed by atoms with E-state index in [4.69, 9.17) is 18.9 Å². The van der Waals surface area contributed by atoms with Crippen molar-refractivity contribution in [2.75, 3.05) is 50.7 Å². The normalized spacial score (nSPS) is 22.1. The van der Waals surface area contributed by atoms with Gasteiger partial charge in [-0.15, -0.1) is 0 Å². The van der Waals surface area contributed by atoms with E-state index >= 15 is 0 Å². The summed E-state index contributed by atoms with van der Waals surface area (Å²) in [5, 5.41) is 12.3. The van der Waals surface area contributed by atoms with Crippen LogP contribution < -0.4 is 15.0 Å². The zero-order valence-corrected chi connectivity index (χ0v) is 22.3. The van der Waals surface area contributed by atoms with E-state index in [0.29, 0.717) is 63.2 Å². The third-order valence-electron chi connectivity index (χ3n) is 7.31. The number of fused-ring (bicyclic) bond motifs is 1. The lowest BCUT2D eigenvalue weighted by molar-refractivity contribution is -0.136. The van der Waals surface area contributed by atoms with Gasteiger partial charge in [0.1, 0.15) is 46.9 Å². The number of rotatable bonds is 8. The number of amides is 3. The number of nitriles is 1. The Morgan fingerprint density at radius 1 is 1.25 bits per heavy atom. The molecule has 0 unspecified atom stereocenters. The number of aryl methyl sites for hydroxylation is 1. The summed E-state index contributed by atoms with van der Waals surface area (Å²) in [5.41, 5.74) is 1.81. The number of ether oxygens (including phenoxy) is 4. The van der Waals surface area contributed by atoms with Crippen molar-refractivity contribution >= 4 is 29.9 Å². The van der Waals surface area contributed by atoms with Crippen LogP contribution in [0.3, 0.4) is 0 Å². The van der Waals surface area contributed by atoms with Crippen molar-refractivity contribution in [2.45, 2.75) is 44.1 Å². The Bertz CT molecular complexity index is 1350. The van der Waals surface area contributed by atoms with Crippen molar-refractivity contribution < 1.29 is 33.3 Å². The smallest absolute Gasteiger partial charge is 0.328 e. The van der Waals surface area contributed by atoms with Crippen LogP contribution in [0.25, 0.3) is 0 Å². The number of anilines is 2. The highest BCUT2D eigenvalue weighted by molar-refractivity contribution is 6.01. The SMILES string of the molecule is CO[C@@H]1CCN(Cc2cc3c(nc2C=O)N(C(=O)Nc2cc(O[C@@H]4COC[C@H]4OC)c(C#N)cn2)CCC3)C1=O. The van der Waals surface area contributed by atoms with E-state index < -0.39 is 18.2 Å². The summed E-state index contributed by atoms with van der Waals surface area (Å²) >= 11 is 0. The minimum Gasteiger partial charge on any atom is -0.484 e. The van der Waals surface area contributed by atoms with Gasteiger partial charge in [-0.25, -0.2) is 14.8 Å². The van der Waals surface area contributed by atoms with Gasteiger partial charge in [0.15, 0.2) is 12.4 Å². The Balaban J connectivity index is 1.34. The van der Waals surface area contributed by atoms with Gasteiger partial charge in [-0.3, -0.25) is 19.8 Å². The molecule has 3 aliphatic heterocycles. The second-order valence-corrected chi connectivity index (χ2v) is 9.74. The maximum atomic E-state index is 13.3. The fourth-order valence-corrected chi connectivity index (χ4v) is 5.15. The molecule has 210 valence electrons. The van der Waals surface area contributed by atoms with Crippen LogP contribution in [-0.4, -0.2) is 91.9 Å². The lowest BCUT2D eigenvalue weighted by atomic mass is 10.0. The summed E-state index contributed by atoms with van der Waals surface area (Å²) in [6, 6.07) is 4.89. The molecule has 5 rings (SSSR count). The molecular formula is C27H30N6O7. The fourth-order valence-electron chi connectivity index (χ4n) is 5.15. The molecule has 5 heterocycles. The van der Waals surface area contributed by atoms with Crippen molar-refractivity contribution in [3.63, 3.8) is 0 Å². The molecule has 13 heteroatoms. The zero-order chi connectivity index (χ0) is 28.2. The molecule has 0 radical (unpaired) electrons. The number of hydrogen-bond donors (Lipinski definition) is 1. The maximum Gasteiger partial charge on any atom is 0.328 e. The number of urea groups is 1. The Morgan fingerprint density at radius 2 is 2.08 bits per heavy atom. The predicted molar refractivity (Wildman–Crippen MR) is 140 cm³/mol. The molecule has 40 heavy (non-hydrogen) atoms. The minimum absolute atomic E-state index is 0.116. The largest absolute Gasteiger partial charge is 0.484 e. The first kappa shape index (κ1) is 27.4. The third-order valence-corrected chi connectivity index (χ3v) is 7.31. The average Bonchev–Trinajstić information content (AvgIpc) is 3.57. The molecule has 0 aliphatic carbocycles. The van der Waals surface area contributed by atoms with Gasteiger partial charge < -0.3 is 23.8 Å². The topological polar surface area (TPSA) is 156 Å². The summed E-state index contributed by atoms with van der Waals surface area (Å²) in [7, 11) is 3.07. The Morgan fingerprint density at radius 3 is 2.80 bits per heavy atom. The van der Waals surface area contributed by atoms with Crippen molar-refractivity contribution in [3.05, 3.63) is 40.7 Å². The molecule has 0 spiro atoms. The summed E-state index contributed by atoms with van der Waals surface area (Å²) in [6.45, 7) is 1.85. The van der Waals surface area contributed by atoms with Crippen molar-refractivity contribution in [1.82, 2.24) is 14.9 Å². The van der Waals surface area contributed by atoms with Gasteiger partial charge in [-0.05, 0) is 24.5 Å². The predicted octanol–water partition coefficient (Wildman–Crippen LogP) is 1.69. The highest BCUT2D eigenvalue weighted by atomic mass is 16.6. The molecular weight excluding hydrogens is 520 g/mol. The van der Waals surface area contributed by atoms with Crippen LogP contribution in [0, 0.1) is 11.3 Å². The summed E-state index contributed by atoms with van der Waals surface area (Å²) < 4.78 is 22.0. The van der Waals surface area contributed by atoms with Crippen LogP contribution >= 0.6 is 0 Å². The molecule has 13 nitrogen and oxygen atoms in total. The second-order valence-electron chi connectivity index (χ2n) is 9.74. The van der Waals surface area contributed by atoms with Crippen LogP contribution in [0.2, 0.25) is 0 Å². The van der Waals surface area contributed by atoms with Crippen molar-refractivity contribution in [3.8, 4) is 11.8 Å². The standard InChI is InChI=1S/C27H30N6O7/c1-37-20-5-7-32(26(20)35)12-17-8-16-4-3-6-33(25(16)30-19(17)13-34)27(36)31-24-9-21(18(10-28)11-29-24)40-23-15-39-14-22(23)38-2/h8-9,11,13,20,22-23H,3-7,12,14-15H2,1-2H3,(H,29,31,36)/t20-,22-,23-/m1/s1. The molecule has 3 aliphatic rings. The molecule has 0 bridgehead atoms. The van der Waals surface area contributed by atoms with Gasteiger partial charge in [-0.1, -0.05) is 0 Å². The van der Waals surface area contributed by atoms with Gasteiger partial charge in [-0.2, -0.15) is 5.26 Å². The first-order chi connectivity index (χ1) is 19.4. The van der Waals surface area contributed by atoms with Gasteiger partial charge in [0.25, 0.3) is 5.91 Å². The van der Waals surface area contributed by atoms with E-state index in [0.717, 1.165) is 5.56 Å². The van der Waals surface area contributed by atoms with Crippen LogP contribution in [0.1, 0.15) is 40.0 Å². The highest BCUT2D eigenvalue weighted by Gasteiger charge is 2.33. The minimum atomic E-state index is -0.488. The summed E-state index contributed by atoms with van der Waals surface area (Å²) in [6.07, 6.45) is 2.75. The lowest BCUT2D eigenvalue weighted by Gasteiger charge is -2.29. The number of hydrogen-bond acceptors (Lipinski definition) is 10. The van der Waals surface area contributed by atoms with E-state index in [-0.39, 0.29) is 41.4 Å². The number of aldehydes is 1. The number of pyridine rings is 2. The van der Waals surface area contributed by atoms with Crippen molar-refractivity contribution in [1.29, 1.82) is 5.26 Å². The lowest BCUT2D eigenvalue weighted by Crippen LogP contribution is -2.40. The molecule has 2 aromatic rings. The number of methoxy groups -OCH3 is 2. The molecule has 0 aromatic carbocycles. The van der Waals surface area contributed by atoms with E-state index in [1.165, 1.54) is 24.3 Å². The second kappa shape index (κ2) is 12.0. The molecule has 2 fully saturated rings. The van der Waals surface area contributed by atoms with E-state index in [1.54, 1.807) is 12.0 Å². The number of carbonyl (C=O) groups is 3. The average molecular weight is 551 g/mol. The first-order valence-electron chi connectivity index (χ1n) is 13.0. The quantitative estimate of drug-likeness (QED) is 0.480. The number of nitrogens with one attached hydrogen (secondary N) is 1. The number of nitrogens with zero attached hydrogens (tertiary/aromatic N) is 5. The molecule has 3 atom stereocenters. The van der Waals surface area contributed by atoms with E-state index in [1.807, 2.05) is 12.1 Å². The molecule has 1 N–H and O–H groups in total. The monoisotopic (exact) mass is 550 g/mol. The molecule has 3 amide bonds. The third kappa shape index (κ3) is 5.46. The van der Waals surface area contributed by atoms with Crippen LogP contribution in [0.15, 0.2) is 18.3 Å². The molecule has 0 saturated carbocycles. The van der Waals surface area contributed by atoms with Crippen LogP contribution in [-0.2, 0) is 32.0 Å². The van der Waals surface area contributed by atoms with Gasteiger partial charge in [0.05, 0.1) is 19.4 Å². The Labute approximate surface area is 231 Å². The first-order valence-corrected chi connectivity index (χ1v) is 13.0. The Kier molecular flexibility index (Phi) is 8.20. The van der Waals surface area contributed by atoms with Gasteiger partial charge >= 0.3 is 6.03 Å². The van der Waals surface area contributed by atoms with E-state index in [9.17, 15) is 19.6 Å². The summed E-state index contributed by atoms with van der Waals surface area (Å²) in [5.74, 6) is 0.705. The van der Waals surface area contributed by atoms with E-state index in [2.05, 4.69) is 15.3 Å².